The number of hydrogen-bond donors (Lipinski definition) is 2. The number of carbonyl (C=O) groups is 3. The molecule has 1 atom stereocenters. The maximum atomic E-state index is 11.2. The molecule has 27 heavy (non-hydrogen) atoms. The van der Waals surface area contributed by atoms with Crippen LogP contribution in [0.2, 0.25) is 0 Å². The molecule has 1 aromatic rings. The average Bonchev–Trinajstić information content (AvgIpc) is 3.08. The van der Waals surface area contributed by atoms with Crippen molar-refractivity contribution in [2.75, 3.05) is 7.11 Å². The predicted octanol–water partition coefficient (Wildman–Crippen LogP) is 3.08. The smallest absolute Gasteiger partial charge is 0.331 e. The minimum atomic E-state index is -1.08. The lowest BCUT2D eigenvalue weighted by atomic mass is 9.80. The number of nitrogens with zero attached hydrogens (tertiary/aromatic N) is 2. The van der Waals surface area contributed by atoms with E-state index < -0.39 is 17.4 Å². The van der Waals surface area contributed by atoms with Crippen LogP contribution < -0.4 is 4.74 Å². The van der Waals surface area contributed by atoms with Crippen LogP contribution in [0, 0.1) is 5.41 Å². The van der Waals surface area contributed by atoms with Crippen LogP contribution in [0.15, 0.2) is 64.5 Å². The van der Waals surface area contributed by atoms with Gasteiger partial charge in [-0.15, -0.1) is 5.11 Å². The molecule has 0 saturated heterocycles. The number of ether oxygens (including phenoxy) is 1. The summed E-state index contributed by atoms with van der Waals surface area (Å²) in [6, 6.07) is 7.20. The topological polar surface area (TPSA) is 126 Å². The Labute approximate surface area is 155 Å². The van der Waals surface area contributed by atoms with E-state index in [1.54, 1.807) is 31.4 Å². The Balaban J connectivity index is 0.000000194. The predicted molar refractivity (Wildman–Crippen MR) is 96.1 cm³/mol. The number of benzene rings is 1. The summed E-state index contributed by atoms with van der Waals surface area (Å²) in [5, 5.41) is 24.4. The molecule has 0 fully saturated rings. The van der Waals surface area contributed by atoms with Gasteiger partial charge in [-0.3, -0.25) is 9.59 Å². The lowest BCUT2D eigenvalue weighted by Crippen LogP contribution is -2.28. The molecule has 1 aliphatic carbocycles. The molecule has 140 valence electrons. The van der Waals surface area contributed by atoms with Gasteiger partial charge < -0.3 is 14.9 Å². The second-order valence-electron chi connectivity index (χ2n) is 6.05. The quantitative estimate of drug-likeness (QED) is 0.839. The largest absolute Gasteiger partial charge is 0.497 e. The van der Waals surface area contributed by atoms with E-state index in [4.69, 9.17) is 14.9 Å². The zero-order valence-electron chi connectivity index (χ0n) is 14.7. The van der Waals surface area contributed by atoms with E-state index in [2.05, 4.69) is 10.2 Å². The Kier molecular flexibility index (Phi) is 6.02. The Morgan fingerprint density at radius 1 is 1.19 bits per heavy atom. The van der Waals surface area contributed by atoms with Gasteiger partial charge in [0.05, 0.1) is 24.3 Å². The number of allylic oxidation sites excluding steroid dienone is 2. The maximum absolute atomic E-state index is 11.2. The summed E-state index contributed by atoms with van der Waals surface area (Å²) in [6.45, 7) is 1.50. The monoisotopic (exact) mass is 370 g/mol. The number of aliphatic carboxylic acids is 2. The third kappa shape index (κ3) is 4.75. The number of amides is 1. The minimum absolute atomic E-state index is 0.0359. The second kappa shape index (κ2) is 8.22. The van der Waals surface area contributed by atoms with Crippen molar-refractivity contribution in [2.24, 2.45) is 15.6 Å². The Hall–Kier alpha value is -3.55. The van der Waals surface area contributed by atoms with E-state index in [0.29, 0.717) is 5.57 Å². The molecular formula is C19H18N2O6. The van der Waals surface area contributed by atoms with Crippen LogP contribution in [0.3, 0.4) is 0 Å². The first-order valence-electron chi connectivity index (χ1n) is 7.91. The van der Waals surface area contributed by atoms with E-state index in [0.717, 1.165) is 11.3 Å². The van der Waals surface area contributed by atoms with Crippen LogP contribution in [-0.2, 0) is 14.4 Å². The highest BCUT2D eigenvalue weighted by Crippen LogP contribution is 2.31. The molecule has 0 bridgehead atoms. The number of carboxylic acids is 2. The highest BCUT2D eigenvalue weighted by atomic mass is 16.5. The van der Waals surface area contributed by atoms with Crippen molar-refractivity contribution in [1.82, 2.24) is 0 Å². The fourth-order valence-electron chi connectivity index (χ4n) is 2.40. The molecular weight excluding hydrogens is 352 g/mol. The van der Waals surface area contributed by atoms with Gasteiger partial charge in [0.15, 0.2) is 0 Å². The van der Waals surface area contributed by atoms with Gasteiger partial charge in [0, 0.05) is 5.57 Å². The van der Waals surface area contributed by atoms with Gasteiger partial charge in [0.25, 0.3) is 5.91 Å². The lowest BCUT2D eigenvalue weighted by molar-refractivity contribution is -0.145. The summed E-state index contributed by atoms with van der Waals surface area (Å²) in [6.07, 6.45) is 5.90. The van der Waals surface area contributed by atoms with Crippen LogP contribution >= 0.6 is 0 Å². The van der Waals surface area contributed by atoms with Gasteiger partial charge in [-0.25, -0.2) is 4.79 Å². The van der Waals surface area contributed by atoms with Crippen LogP contribution in [0.25, 0.3) is 5.57 Å². The summed E-state index contributed by atoms with van der Waals surface area (Å²) in [5.41, 5.74) is 0.378. The Morgan fingerprint density at radius 3 is 2.33 bits per heavy atom. The lowest BCUT2D eigenvalue weighted by Gasteiger charge is -2.23. The molecule has 0 saturated carbocycles. The molecule has 0 radical (unpaired) electrons. The first-order chi connectivity index (χ1) is 12.8. The van der Waals surface area contributed by atoms with Gasteiger partial charge in [0.1, 0.15) is 5.75 Å². The van der Waals surface area contributed by atoms with Crippen LogP contribution in [0.4, 0.5) is 0 Å². The van der Waals surface area contributed by atoms with E-state index in [1.165, 1.54) is 31.4 Å². The van der Waals surface area contributed by atoms with Crippen molar-refractivity contribution < 1.29 is 29.3 Å². The third-order valence-corrected chi connectivity index (χ3v) is 4.05. The van der Waals surface area contributed by atoms with E-state index >= 15 is 0 Å². The Bertz CT molecular complexity index is 880. The molecule has 8 nitrogen and oxygen atoms in total. The standard InChI is InChI=1S/C10H8N2O2.C9H10O4/c1-14-8-4-2-7(3-5-8)9-6-11-12-10(9)13;1-9(8(12)13)4-2-3-6(5-9)7(10)11/h2-6H,1H3;2-4H,5H2,1H3,(H,10,11)(H,12,13). The van der Waals surface area contributed by atoms with Crippen LogP contribution in [-0.4, -0.2) is 35.2 Å². The van der Waals surface area contributed by atoms with E-state index in [-0.39, 0.29) is 17.9 Å². The number of carboxylic acid groups (broad SMARTS) is 2. The maximum Gasteiger partial charge on any atom is 0.331 e. The van der Waals surface area contributed by atoms with Gasteiger partial charge in [0.2, 0.25) is 0 Å². The summed E-state index contributed by atoms with van der Waals surface area (Å²) in [4.78, 5) is 32.5. The molecule has 1 heterocycles. The fourth-order valence-corrected chi connectivity index (χ4v) is 2.40. The molecule has 8 heteroatoms. The molecule has 1 amide bonds. The van der Waals surface area contributed by atoms with Crippen LogP contribution in [0.5, 0.6) is 5.75 Å². The Morgan fingerprint density at radius 2 is 1.85 bits per heavy atom. The highest BCUT2D eigenvalue weighted by Gasteiger charge is 2.34. The van der Waals surface area contributed by atoms with Crippen molar-refractivity contribution >= 4 is 23.4 Å². The van der Waals surface area contributed by atoms with Gasteiger partial charge in [-0.05, 0) is 31.0 Å². The minimum Gasteiger partial charge on any atom is -0.497 e. The van der Waals surface area contributed by atoms with Crippen molar-refractivity contribution in [2.45, 2.75) is 13.3 Å². The number of azo groups is 1. The number of methoxy groups -OCH3 is 1. The summed E-state index contributed by atoms with van der Waals surface area (Å²) in [7, 11) is 1.60. The number of carbonyl (C=O) groups excluding carboxylic acids is 1. The van der Waals surface area contributed by atoms with Crippen molar-refractivity contribution in [1.29, 1.82) is 0 Å². The molecule has 1 aliphatic heterocycles. The summed E-state index contributed by atoms with van der Waals surface area (Å²) >= 11 is 0. The fraction of sp³-hybridized carbons (Fsp3) is 0.211. The molecule has 0 aromatic heterocycles. The summed E-state index contributed by atoms with van der Waals surface area (Å²) in [5.74, 6) is -1.60. The van der Waals surface area contributed by atoms with Crippen LogP contribution in [0.1, 0.15) is 18.9 Å². The molecule has 3 rings (SSSR count). The first-order valence-corrected chi connectivity index (χ1v) is 7.91. The van der Waals surface area contributed by atoms with E-state index in [1.807, 2.05) is 0 Å². The van der Waals surface area contributed by atoms with E-state index in [9.17, 15) is 14.4 Å². The normalized spacial score (nSPS) is 20.3. The van der Waals surface area contributed by atoms with Gasteiger partial charge >= 0.3 is 11.9 Å². The zero-order chi connectivity index (χ0) is 20.0. The SMILES string of the molecule is CC1(C(=O)O)C=CC=C(C(=O)O)C1.COc1ccc(C2=CN=NC2=O)cc1. The van der Waals surface area contributed by atoms with Gasteiger partial charge in [-0.1, -0.05) is 30.4 Å². The summed E-state index contributed by atoms with van der Waals surface area (Å²) < 4.78 is 5.01. The zero-order valence-corrected chi connectivity index (χ0v) is 14.7. The molecule has 1 unspecified atom stereocenters. The highest BCUT2D eigenvalue weighted by molar-refractivity contribution is 6.20. The van der Waals surface area contributed by atoms with Crippen molar-refractivity contribution in [3.05, 3.63) is 59.8 Å². The number of rotatable bonds is 4. The third-order valence-electron chi connectivity index (χ3n) is 4.05. The van der Waals surface area contributed by atoms with Crippen molar-refractivity contribution in [3.8, 4) is 5.75 Å². The van der Waals surface area contributed by atoms with Crippen molar-refractivity contribution in [3.63, 3.8) is 0 Å². The van der Waals surface area contributed by atoms with Gasteiger partial charge in [-0.2, -0.15) is 5.11 Å². The molecule has 2 aliphatic rings. The molecule has 2 N–H and O–H groups in total. The average molecular weight is 370 g/mol. The second-order valence-corrected chi connectivity index (χ2v) is 6.05. The first kappa shape index (κ1) is 19.8. The number of hydrogen-bond acceptors (Lipinski definition) is 5. The molecule has 1 aromatic carbocycles. The molecule has 0 spiro atoms.